The Morgan fingerprint density at radius 2 is 1.22 bits per heavy atom. The predicted molar refractivity (Wildman–Crippen MR) is 222 cm³/mol. The Morgan fingerprint density at radius 1 is 0.704 bits per heavy atom. The van der Waals surface area contributed by atoms with Gasteiger partial charge in [-0.2, -0.15) is 0 Å². The number of rotatable bonds is 5. The molecule has 0 N–H and O–H groups in total. The molecule has 4 aliphatic rings. The third-order valence-electron chi connectivity index (χ3n) is 12.8. The van der Waals surface area contributed by atoms with Crippen LogP contribution in [0.2, 0.25) is 0 Å². The molecule has 8 rings (SSSR count). The van der Waals surface area contributed by atoms with Gasteiger partial charge in [-0.05, 0) is 0 Å². The van der Waals surface area contributed by atoms with E-state index in [1.807, 2.05) is 0 Å². The van der Waals surface area contributed by atoms with Crippen molar-refractivity contribution in [1.82, 2.24) is 0 Å². The molecule has 1 atom stereocenters. The zero-order chi connectivity index (χ0) is 37.1. The minimum atomic E-state index is -2.92. The van der Waals surface area contributed by atoms with Gasteiger partial charge in [0.05, 0.1) is 0 Å². The van der Waals surface area contributed by atoms with Crippen LogP contribution >= 0.6 is 0 Å². The molecule has 4 aromatic carbocycles. The quantitative estimate of drug-likeness (QED) is 0.174. The fraction of sp³-hybridized carbons (Fsp3) is 0.353. The summed E-state index contributed by atoms with van der Waals surface area (Å²) in [6.07, 6.45) is 9.97. The van der Waals surface area contributed by atoms with Crippen molar-refractivity contribution in [1.29, 1.82) is 0 Å². The average molecular weight is 831 g/mol. The second kappa shape index (κ2) is 14.3. The van der Waals surface area contributed by atoms with Crippen molar-refractivity contribution in [3.05, 3.63) is 159 Å². The van der Waals surface area contributed by atoms with Gasteiger partial charge in [0.25, 0.3) is 0 Å². The first-order valence-electron chi connectivity index (χ1n) is 19.6. The molecule has 0 heterocycles. The van der Waals surface area contributed by atoms with Crippen molar-refractivity contribution >= 4 is 14.4 Å². The molecule has 54 heavy (non-hydrogen) atoms. The molecular formula is C51H56Cl2Zr. The molecule has 4 aliphatic carbocycles. The van der Waals surface area contributed by atoms with E-state index in [1.165, 1.54) is 77.9 Å². The topological polar surface area (TPSA) is 0 Å². The number of hydrogen-bond donors (Lipinski definition) is 0. The molecule has 0 amide bonds. The van der Waals surface area contributed by atoms with Gasteiger partial charge in [-0.15, -0.1) is 0 Å². The van der Waals surface area contributed by atoms with Crippen molar-refractivity contribution in [3.63, 3.8) is 0 Å². The van der Waals surface area contributed by atoms with Crippen LogP contribution in [0.15, 0.2) is 103 Å². The summed E-state index contributed by atoms with van der Waals surface area (Å²) >= 11 is -2.92. The Hall–Kier alpha value is -2.83. The van der Waals surface area contributed by atoms with Gasteiger partial charge in [-0.3, -0.25) is 0 Å². The number of halogens is 2. The average Bonchev–Trinajstić information content (AvgIpc) is 3.79. The summed E-state index contributed by atoms with van der Waals surface area (Å²) in [5.41, 5.74) is 22.0. The van der Waals surface area contributed by atoms with Gasteiger partial charge >= 0.3 is 324 Å². The van der Waals surface area contributed by atoms with Gasteiger partial charge in [0.2, 0.25) is 0 Å². The van der Waals surface area contributed by atoms with E-state index < -0.39 is 21.3 Å². The molecule has 0 aliphatic heterocycles. The zero-order valence-electron chi connectivity index (χ0n) is 34.4. The van der Waals surface area contributed by atoms with E-state index in [2.05, 4.69) is 174 Å². The molecule has 0 bridgehead atoms. The molecule has 0 saturated heterocycles. The second-order valence-corrected chi connectivity index (χ2v) is 24.1. The Bertz CT molecular complexity index is 2300. The van der Waals surface area contributed by atoms with Crippen molar-refractivity contribution < 1.29 is 46.1 Å². The minimum Gasteiger partial charge on any atom is -1.00 e. The molecule has 0 nitrogen and oxygen atoms in total. The molecule has 1 unspecified atom stereocenters. The Balaban J connectivity index is 0.00000249. The van der Waals surface area contributed by atoms with Gasteiger partial charge in [-0.25, -0.2) is 0 Å². The molecule has 0 saturated carbocycles. The van der Waals surface area contributed by atoms with E-state index in [-0.39, 0.29) is 41.1 Å². The van der Waals surface area contributed by atoms with Crippen LogP contribution in [0.5, 0.6) is 0 Å². The normalized spacial score (nSPS) is 18.3. The summed E-state index contributed by atoms with van der Waals surface area (Å²) in [7, 11) is 0. The van der Waals surface area contributed by atoms with Crippen molar-refractivity contribution in [2.24, 2.45) is 11.3 Å². The van der Waals surface area contributed by atoms with Crippen molar-refractivity contribution in [2.45, 2.75) is 107 Å². The first-order chi connectivity index (χ1) is 24.5. The fourth-order valence-corrected chi connectivity index (χ4v) is 19.7. The van der Waals surface area contributed by atoms with Gasteiger partial charge in [-0.1, -0.05) is 0 Å². The van der Waals surface area contributed by atoms with Gasteiger partial charge in [0.15, 0.2) is 0 Å². The van der Waals surface area contributed by atoms with Crippen molar-refractivity contribution in [2.75, 3.05) is 0 Å². The van der Waals surface area contributed by atoms with Gasteiger partial charge in [0.1, 0.15) is 0 Å². The monoisotopic (exact) mass is 828 g/mol. The zero-order valence-corrected chi connectivity index (χ0v) is 38.4. The molecule has 278 valence electrons. The van der Waals surface area contributed by atoms with E-state index in [1.54, 1.807) is 15.3 Å². The summed E-state index contributed by atoms with van der Waals surface area (Å²) < 4.78 is 5.14. The van der Waals surface area contributed by atoms with Gasteiger partial charge < -0.3 is 24.8 Å². The largest absolute Gasteiger partial charge is 1.00 e. The van der Waals surface area contributed by atoms with Crippen LogP contribution in [-0.4, -0.2) is 3.21 Å². The Kier molecular flexibility index (Phi) is 10.8. The number of allylic oxidation sites excluding steroid dienone is 8. The smallest absolute Gasteiger partial charge is 1.00 e. The predicted octanol–water partition coefficient (Wildman–Crippen LogP) is 7.38. The summed E-state index contributed by atoms with van der Waals surface area (Å²) in [5, 5.41) is 0. The van der Waals surface area contributed by atoms with E-state index in [0.29, 0.717) is 5.92 Å². The number of hydrogen-bond acceptors (Lipinski definition) is 0. The van der Waals surface area contributed by atoms with Crippen LogP contribution in [0.3, 0.4) is 0 Å². The van der Waals surface area contributed by atoms with E-state index >= 15 is 0 Å². The van der Waals surface area contributed by atoms with Crippen LogP contribution in [0.4, 0.5) is 0 Å². The summed E-state index contributed by atoms with van der Waals surface area (Å²) in [4.78, 5) is 0. The standard InChI is InChI=1S/C25H25.C15H14.C11H17.2ClH.Zr/c1-14-12-24(3,4)22-8-16-7-17-9-23-19(15(2)13-25(23,5)6)11-21(17)20(16)10-18(14)22;1-12-3-7-14(8-4-12)11-15-9-5-13(2)6-10-15;1-5-9-6-7-10(8-9)11(2,3)4;;;/h8-12H,7H2,1-6H3;3-10H,1-2H3;7-9H,5H2,1-4H3;2*1H;/q;;;;;+2/p-2. The molecule has 0 aromatic heterocycles. The summed E-state index contributed by atoms with van der Waals surface area (Å²) in [6.45, 7) is 28.7. The third kappa shape index (κ3) is 6.53. The molecular weight excluding hydrogens is 775 g/mol. The SMILES string of the molecule is CCC1C=C(C(C)(C)C)C=[C]1[Zr+2]([C]1=C(C)c2cc3c(cc2C1(C)C)Cc1cc2c(cc1-3)C(C)=CC2(C)C)=[C](c1ccc(C)cc1)c1ccc(C)cc1.[Cl-].[Cl-]. The van der Waals surface area contributed by atoms with Gasteiger partial charge in [0, 0.05) is 0 Å². The molecule has 0 fully saturated rings. The maximum Gasteiger partial charge on any atom is -1.00 e. The molecule has 0 spiro atoms. The van der Waals surface area contributed by atoms with Crippen LogP contribution in [0, 0.1) is 25.2 Å². The second-order valence-electron chi connectivity index (χ2n) is 18.4. The Morgan fingerprint density at radius 3 is 1.74 bits per heavy atom. The minimum absolute atomic E-state index is 0. The number of fused-ring (bicyclic) bond motifs is 5. The fourth-order valence-electron chi connectivity index (χ4n) is 9.91. The summed E-state index contributed by atoms with van der Waals surface area (Å²) in [6, 6.07) is 29.3. The van der Waals surface area contributed by atoms with Crippen LogP contribution < -0.4 is 24.8 Å². The maximum atomic E-state index is 2.69. The van der Waals surface area contributed by atoms with Crippen LogP contribution in [-0.2, 0) is 38.5 Å². The molecule has 3 heteroatoms. The first-order valence-corrected chi connectivity index (χ1v) is 23.3. The molecule has 0 radical (unpaired) electrons. The number of benzene rings is 4. The summed E-state index contributed by atoms with van der Waals surface area (Å²) in [5.74, 6) is 0.480. The third-order valence-corrected chi connectivity index (χ3v) is 21.8. The van der Waals surface area contributed by atoms with Crippen LogP contribution in [0.1, 0.15) is 131 Å². The van der Waals surface area contributed by atoms with Crippen molar-refractivity contribution in [3.8, 4) is 11.1 Å². The Labute approximate surface area is 345 Å². The first kappa shape index (κ1) is 40.8. The van der Waals surface area contributed by atoms with E-state index in [4.69, 9.17) is 0 Å². The van der Waals surface area contributed by atoms with Crippen LogP contribution in [0.25, 0.3) is 22.3 Å². The molecule has 4 aromatic rings. The van der Waals surface area contributed by atoms with E-state index in [9.17, 15) is 0 Å². The maximum absolute atomic E-state index is 2.92. The number of aryl methyl sites for hydroxylation is 2. The van der Waals surface area contributed by atoms with E-state index in [0.717, 1.165) is 12.8 Å².